The van der Waals surface area contributed by atoms with E-state index in [9.17, 15) is 9.59 Å². The van der Waals surface area contributed by atoms with E-state index in [4.69, 9.17) is 4.74 Å². The minimum Gasteiger partial charge on any atom is -0.492 e. The number of carbonyl (C=O) groups is 2. The number of thioether (sulfide) groups is 1. The third kappa shape index (κ3) is 4.59. The van der Waals surface area contributed by atoms with Crippen LogP contribution >= 0.6 is 11.8 Å². The van der Waals surface area contributed by atoms with E-state index in [1.54, 1.807) is 16.7 Å². The Balaban J connectivity index is 1.53. The Hall–Kier alpha value is -3.25. The summed E-state index contributed by atoms with van der Waals surface area (Å²) in [6.45, 7) is 4.45. The lowest BCUT2D eigenvalue weighted by Crippen LogP contribution is -2.28. The number of hydrogen-bond acceptors (Lipinski definition) is 4. The summed E-state index contributed by atoms with van der Waals surface area (Å²) < 4.78 is 5.74. The lowest BCUT2D eigenvalue weighted by molar-refractivity contribution is -0.115. The summed E-state index contributed by atoms with van der Waals surface area (Å²) in [6.07, 6.45) is 0. The van der Waals surface area contributed by atoms with Crippen molar-refractivity contribution in [3.63, 3.8) is 0 Å². The van der Waals surface area contributed by atoms with Crippen LogP contribution in [-0.2, 0) is 4.79 Å². The van der Waals surface area contributed by atoms with Crippen molar-refractivity contribution in [2.45, 2.75) is 19.2 Å². The van der Waals surface area contributed by atoms with Gasteiger partial charge in [0.15, 0.2) is 0 Å². The molecule has 1 aliphatic heterocycles. The molecule has 1 fully saturated rings. The Morgan fingerprint density at radius 3 is 2.48 bits per heavy atom. The molecule has 0 bridgehead atoms. The summed E-state index contributed by atoms with van der Waals surface area (Å²) in [4.78, 5) is 27.0. The van der Waals surface area contributed by atoms with Crippen LogP contribution in [0.1, 0.15) is 33.8 Å². The number of nitrogens with one attached hydrogen (secondary N) is 1. The van der Waals surface area contributed by atoms with Crippen LogP contribution < -0.4 is 15.0 Å². The van der Waals surface area contributed by atoms with Crippen molar-refractivity contribution >= 4 is 35.0 Å². The van der Waals surface area contributed by atoms with Crippen LogP contribution in [0.25, 0.3) is 0 Å². The summed E-state index contributed by atoms with van der Waals surface area (Å²) in [7, 11) is 0. The number of hydrogen-bond donors (Lipinski definition) is 1. The minimum absolute atomic E-state index is 0.0545. The average Bonchev–Trinajstić information content (AvgIpc) is 3.16. The van der Waals surface area contributed by atoms with Crippen molar-refractivity contribution in [3.8, 4) is 5.75 Å². The quantitative estimate of drug-likeness (QED) is 0.565. The Labute approximate surface area is 186 Å². The highest BCUT2D eigenvalue weighted by molar-refractivity contribution is 8.00. The molecular weight excluding hydrogens is 408 g/mol. The molecule has 31 heavy (non-hydrogen) atoms. The van der Waals surface area contributed by atoms with E-state index in [-0.39, 0.29) is 17.2 Å². The van der Waals surface area contributed by atoms with Gasteiger partial charge < -0.3 is 10.1 Å². The van der Waals surface area contributed by atoms with Gasteiger partial charge in [-0.3, -0.25) is 14.5 Å². The number of benzene rings is 3. The number of anilines is 2. The normalized spacial score (nSPS) is 15.7. The van der Waals surface area contributed by atoms with Crippen LogP contribution in [0.15, 0.2) is 72.8 Å². The van der Waals surface area contributed by atoms with Gasteiger partial charge in [0, 0.05) is 11.3 Å². The summed E-state index contributed by atoms with van der Waals surface area (Å²) in [5.74, 6) is 1.02. The van der Waals surface area contributed by atoms with Gasteiger partial charge >= 0.3 is 0 Å². The first-order valence-corrected chi connectivity index (χ1v) is 11.2. The first-order valence-electron chi connectivity index (χ1n) is 10.2. The second-order valence-electron chi connectivity index (χ2n) is 7.27. The Bertz CT molecular complexity index is 1080. The van der Waals surface area contributed by atoms with Gasteiger partial charge in [-0.05, 0) is 55.8 Å². The predicted octanol–water partition coefficient (Wildman–Crippen LogP) is 5.42. The van der Waals surface area contributed by atoms with E-state index in [0.29, 0.717) is 29.4 Å². The molecule has 6 heteroatoms. The highest BCUT2D eigenvalue weighted by Crippen LogP contribution is 2.44. The molecule has 5 nitrogen and oxygen atoms in total. The lowest BCUT2D eigenvalue weighted by Gasteiger charge is -2.26. The van der Waals surface area contributed by atoms with Gasteiger partial charge in [-0.2, -0.15) is 0 Å². The SMILES string of the molecule is CCOc1ccccc1N1C(=O)CS[C@@H]1c1ccc(NC(=O)c2ccc(C)cc2)cc1. The second-order valence-corrected chi connectivity index (χ2v) is 8.34. The van der Waals surface area contributed by atoms with Gasteiger partial charge in [-0.25, -0.2) is 0 Å². The predicted molar refractivity (Wildman–Crippen MR) is 126 cm³/mol. The van der Waals surface area contributed by atoms with E-state index in [1.807, 2.05) is 86.6 Å². The fourth-order valence-electron chi connectivity index (χ4n) is 3.50. The molecule has 0 aliphatic carbocycles. The van der Waals surface area contributed by atoms with Crippen LogP contribution in [0, 0.1) is 6.92 Å². The zero-order valence-corrected chi connectivity index (χ0v) is 18.3. The molecule has 4 rings (SSSR count). The molecule has 2 amide bonds. The Kier molecular flexibility index (Phi) is 6.28. The van der Waals surface area contributed by atoms with Crippen molar-refractivity contribution in [2.75, 3.05) is 22.6 Å². The number of rotatable bonds is 6. The van der Waals surface area contributed by atoms with Crippen molar-refractivity contribution in [2.24, 2.45) is 0 Å². The van der Waals surface area contributed by atoms with Crippen LogP contribution in [0.4, 0.5) is 11.4 Å². The van der Waals surface area contributed by atoms with Gasteiger partial charge in [0.1, 0.15) is 11.1 Å². The minimum atomic E-state index is -0.148. The van der Waals surface area contributed by atoms with Gasteiger partial charge in [0.2, 0.25) is 5.91 Å². The molecule has 0 unspecified atom stereocenters. The molecule has 1 heterocycles. The molecule has 1 atom stereocenters. The average molecular weight is 433 g/mol. The number of para-hydroxylation sites is 2. The zero-order valence-electron chi connectivity index (χ0n) is 17.5. The third-order valence-corrected chi connectivity index (χ3v) is 6.27. The maximum atomic E-state index is 12.7. The molecule has 1 aliphatic rings. The van der Waals surface area contributed by atoms with Crippen LogP contribution in [-0.4, -0.2) is 24.2 Å². The number of aryl methyl sites for hydroxylation is 1. The molecule has 0 aromatic heterocycles. The van der Waals surface area contributed by atoms with Crippen molar-refractivity contribution in [1.29, 1.82) is 0 Å². The summed E-state index contributed by atoms with van der Waals surface area (Å²) in [6, 6.07) is 22.7. The van der Waals surface area contributed by atoms with Crippen molar-refractivity contribution in [1.82, 2.24) is 0 Å². The van der Waals surface area contributed by atoms with Gasteiger partial charge in [0.05, 0.1) is 18.0 Å². The topological polar surface area (TPSA) is 58.6 Å². The number of amides is 2. The van der Waals surface area contributed by atoms with Crippen LogP contribution in [0.3, 0.4) is 0 Å². The van der Waals surface area contributed by atoms with Crippen molar-refractivity contribution < 1.29 is 14.3 Å². The smallest absolute Gasteiger partial charge is 0.255 e. The molecule has 0 radical (unpaired) electrons. The maximum absolute atomic E-state index is 12.7. The lowest BCUT2D eigenvalue weighted by atomic mass is 10.1. The summed E-state index contributed by atoms with van der Waals surface area (Å²) in [5.41, 5.74) is 4.21. The highest BCUT2D eigenvalue weighted by Gasteiger charge is 2.35. The second kappa shape index (κ2) is 9.27. The maximum Gasteiger partial charge on any atom is 0.255 e. The van der Waals surface area contributed by atoms with Crippen LogP contribution in [0.5, 0.6) is 5.75 Å². The molecule has 0 spiro atoms. The fourth-order valence-corrected chi connectivity index (χ4v) is 4.67. The standard InChI is InChI=1S/C25H24N2O3S/c1-3-30-22-7-5-4-6-21(22)27-23(28)16-31-25(27)19-12-14-20(15-13-19)26-24(29)18-10-8-17(2)9-11-18/h4-15,25H,3,16H2,1-2H3,(H,26,29)/t25-/m1/s1. The van der Waals surface area contributed by atoms with Gasteiger partial charge in [-0.1, -0.05) is 42.0 Å². The number of carbonyl (C=O) groups excluding carboxylic acids is 2. The first kappa shape index (κ1) is 21.0. The van der Waals surface area contributed by atoms with Gasteiger partial charge in [-0.15, -0.1) is 11.8 Å². The monoisotopic (exact) mass is 432 g/mol. The summed E-state index contributed by atoms with van der Waals surface area (Å²) >= 11 is 1.58. The molecular formula is C25H24N2O3S. The number of ether oxygens (including phenoxy) is 1. The molecule has 3 aromatic carbocycles. The molecule has 1 N–H and O–H groups in total. The van der Waals surface area contributed by atoms with Crippen LogP contribution in [0.2, 0.25) is 0 Å². The van der Waals surface area contributed by atoms with E-state index >= 15 is 0 Å². The Morgan fingerprint density at radius 1 is 1.06 bits per heavy atom. The van der Waals surface area contributed by atoms with E-state index in [2.05, 4.69) is 5.32 Å². The Morgan fingerprint density at radius 2 is 1.77 bits per heavy atom. The fraction of sp³-hybridized carbons (Fsp3) is 0.200. The highest BCUT2D eigenvalue weighted by atomic mass is 32.2. The third-order valence-electron chi connectivity index (χ3n) is 5.06. The summed E-state index contributed by atoms with van der Waals surface area (Å²) in [5, 5.41) is 2.78. The van der Waals surface area contributed by atoms with E-state index < -0.39 is 0 Å². The van der Waals surface area contributed by atoms with Crippen molar-refractivity contribution in [3.05, 3.63) is 89.5 Å². The van der Waals surface area contributed by atoms with E-state index in [0.717, 1.165) is 16.8 Å². The molecule has 0 saturated carbocycles. The molecule has 1 saturated heterocycles. The first-order chi connectivity index (χ1) is 15.1. The van der Waals surface area contributed by atoms with E-state index in [1.165, 1.54) is 0 Å². The molecule has 158 valence electrons. The zero-order chi connectivity index (χ0) is 21.8. The van der Waals surface area contributed by atoms with Gasteiger partial charge in [0.25, 0.3) is 5.91 Å². The number of nitrogens with zero attached hydrogens (tertiary/aromatic N) is 1. The molecule has 3 aromatic rings. The largest absolute Gasteiger partial charge is 0.492 e.